The number of nitro benzene ring substituents is 1. The Morgan fingerprint density at radius 2 is 1.53 bits per heavy atom. The van der Waals surface area contributed by atoms with Gasteiger partial charge in [0, 0.05) is 36.0 Å². The second-order valence-corrected chi connectivity index (χ2v) is 6.49. The van der Waals surface area contributed by atoms with Crippen molar-refractivity contribution in [3.05, 3.63) is 100 Å². The van der Waals surface area contributed by atoms with Crippen molar-refractivity contribution < 1.29 is 14.5 Å². The van der Waals surface area contributed by atoms with E-state index in [2.05, 4.69) is 10.6 Å². The lowest BCUT2D eigenvalue weighted by Crippen LogP contribution is -2.14. The molecular formula is C23H19N3O4. The molecule has 150 valence electrons. The monoisotopic (exact) mass is 401 g/mol. The highest BCUT2D eigenvalue weighted by molar-refractivity contribution is 6.29. The molecule has 0 atom stereocenters. The van der Waals surface area contributed by atoms with E-state index in [4.69, 9.17) is 0 Å². The van der Waals surface area contributed by atoms with Gasteiger partial charge < -0.3 is 10.6 Å². The standard InChI is InChI=1S/C23H19N3O4/c1-16(27)24-19-10-6-11-20(15-19)25-23(28)22(18-8-3-2-4-9-18)14-17-7-5-12-21(13-17)26(29)30/h2-15H,1H3,(H,24,27)(H,25,28)/b22-14+. The van der Waals surface area contributed by atoms with E-state index in [0.29, 0.717) is 28.1 Å². The lowest BCUT2D eigenvalue weighted by atomic mass is 10.0. The number of benzene rings is 3. The van der Waals surface area contributed by atoms with Gasteiger partial charge in [0.2, 0.25) is 5.91 Å². The average Bonchev–Trinajstić information content (AvgIpc) is 2.72. The molecule has 0 spiro atoms. The summed E-state index contributed by atoms with van der Waals surface area (Å²) in [5.41, 5.74) is 2.56. The van der Waals surface area contributed by atoms with Crippen LogP contribution in [0.1, 0.15) is 18.1 Å². The molecule has 7 nitrogen and oxygen atoms in total. The highest BCUT2D eigenvalue weighted by Crippen LogP contribution is 2.23. The maximum atomic E-state index is 13.1. The minimum atomic E-state index is -0.479. The van der Waals surface area contributed by atoms with Crippen LogP contribution in [0.3, 0.4) is 0 Å². The van der Waals surface area contributed by atoms with Gasteiger partial charge in [-0.3, -0.25) is 19.7 Å². The molecule has 0 aliphatic carbocycles. The summed E-state index contributed by atoms with van der Waals surface area (Å²) < 4.78 is 0. The average molecular weight is 401 g/mol. The number of amides is 2. The molecule has 0 aromatic heterocycles. The Hall–Kier alpha value is -4.26. The molecule has 3 aromatic rings. The summed E-state index contributed by atoms with van der Waals surface area (Å²) >= 11 is 0. The number of carbonyl (C=O) groups is 2. The lowest BCUT2D eigenvalue weighted by Gasteiger charge is -2.11. The number of carbonyl (C=O) groups excluding carboxylic acids is 2. The van der Waals surface area contributed by atoms with Gasteiger partial charge in [-0.25, -0.2) is 0 Å². The van der Waals surface area contributed by atoms with Gasteiger partial charge in [0.25, 0.3) is 11.6 Å². The summed E-state index contributed by atoms with van der Waals surface area (Å²) in [5, 5.41) is 16.6. The van der Waals surface area contributed by atoms with Crippen molar-refractivity contribution in [2.45, 2.75) is 6.92 Å². The predicted octanol–water partition coefficient (Wildman–Crippen LogP) is 4.73. The predicted molar refractivity (Wildman–Crippen MR) is 117 cm³/mol. The van der Waals surface area contributed by atoms with Crippen LogP contribution in [-0.4, -0.2) is 16.7 Å². The van der Waals surface area contributed by atoms with Crippen LogP contribution in [0.5, 0.6) is 0 Å². The smallest absolute Gasteiger partial charge is 0.270 e. The maximum Gasteiger partial charge on any atom is 0.270 e. The zero-order valence-electron chi connectivity index (χ0n) is 16.2. The van der Waals surface area contributed by atoms with Gasteiger partial charge in [-0.1, -0.05) is 48.5 Å². The van der Waals surface area contributed by atoms with Crippen molar-refractivity contribution in [2.75, 3.05) is 10.6 Å². The first kappa shape index (κ1) is 20.5. The second kappa shape index (κ2) is 9.29. The van der Waals surface area contributed by atoms with Crippen LogP contribution in [0.15, 0.2) is 78.9 Å². The van der Waals surface area contributed by atoms with E-state index >= 15 is 0 Å². The van der Waals surface area contributed by atoms with Crippen LogP contribution in [0, 0.1) is 10.1 Å². The van der Waals surface area contributed by atoms with E-state index in [1.54, 1.807) is 66.7 Å². The van der Waals surface area contributed by atoms with E-state index in [1.165, 1.54) is 19.1 Å². The van der Waals surface area contributed by atoms with Gasteiger partial charge in [0.1, 0.15) is 0 Å². The molecule has 0 unspecified atom stereocenters. The zero-order chi connectivity index (χ0) is 21.5. The third-order valence-electron chi connectivity index (χ3n) is 4.16. The quantitative estimate of drug-likeness (QED) is 0.270. The summed E-state index contributed by atoms with van der Waals surface area (Å²) in [6.45, 7) is 1.40. The first-order valence-corrected chi connectivity index (χ1v) is 9.13. The third kappa shape index (κ3) is 5.39. The van der Waals surface area contributed by atoms with Crippen molar-refractivity contribution in [3.8, 4) is 0 Å². The minimum absolute atomic E-state index is 0.0559. The molecule has 0 aliphatic heterocycles. The number of hydrogen-bond acceptors (Lipinski definition) is 4. The molecule has 0 heterocycles. The molecule has 0 aliphatic rings. The fourth-order valence-electron chi connectivity index (χ4n) is 2.87. The van der Waals surface area contributed by atoms with Gasteiger partial charge in [-0.05, 0) is 35.4 Å². The van der Waals surface area contributed by atoms with Gasteiger partial charge >= 0.3 is 0 Å². The molecule has 0 bridgehead atoms. The van der Waals surface area contributed by atoms with Crippen molar-refractivity contribution >= 4 is 40.5 Å². The first-order chi connectivity index (χ1) is 14.4. The molecule has 3 rings (SSSR count). The number of nitrogens with zero attached hydrogens (tertiary/aromatic N) is 1. The molecule has 0 saturated heterocycles. The number of nitrogens with one attached hydrogen (secondary N) is 2. The molecule has 3 aromatic carbocycles. The van der Waals surface area contributed by atoms with E-state index in [0.717, 1.165) is 0 Å². The van der Waals surface area contributed by atoms with Gasteiger partial charge in [0.15, 0.2) is 0 Å². The topological polar surface area (TPSA) is 101 Å². The van der Waals surface area contributed by atoms with E-state index in [-0.39, 0.29) is 17.5 Å². The van der Waals surface area contributed by atoms with Crippen molar-refractivity contribution in [3.63, 3.8) is 0 Å². The van der Waals surface area contributed by atoms with Gasteiger partial charge in [-0.15, -0.1) is 0 Å². The maximum absolute atomic E-state index is 13.1. The summed E-state index contributed by atoms with van der Waals surface area (Å²) in [6.07, 6.45) is 1.61. The Kier molecular flexibility index (Phi) is 6.34. The summed E-state index contributed by atoms with van der Waals surface area (Å²) in [4.78, 5) is 34.9. The second-order valence-electron chi connectivity index (χ2n) is 6.49. The van der Waals surface area contributed by atoms with E-state index in [1.807, 2.05) is 6.07 Å². The Morgan fingerprint density at radius 3 is 2.20 bits per heavy atom. The fourth-order valence-corrected chi connectivity index (χ4v) is 2.87. The number of hydrogen-bond donors (Lipinski definition) is 2. The molecule has 0 fully saturated rings. The van der Waals surface area contributed by atoms with Crippen molar-refractivity contribution in [2.24, 2.45) is 0 Å². The largest absolute Gasteiger partial charge is 0.326 e. The number of nitro groups is 1. The van der Waals surface area contributed by atoms with Crippen LogP contribution in [-0.2, 0) is 9.59 Å². The van der Waals surface area contributed by atoms with Gasteiger partial charge in [-0.2, -0.15) is 0 Å². The normalized spacial score (nSPS) is 10.9. The Balaban J connectivity index is 1.95. The van der Waals surface area contributed by atoms with E-state index < -0.39 is 4.92 Å². The van der Waals surface area contributed by atoms with Crippen molar-refractivity contribution in [1.82, 2.24) is 0 Å². The Morgan fingerprint density at radius 1 is 0.867 bits per heavy atom. The number of non-ortho nitro benzene ring substituents is 1. The SMILES string of the molecule is CC(=O)Nc1cccc(NC(=O)/C(=C/c2cccc([N+](=O)[O-])c2)c2ccccc2)c1. The molecule has 0 saturated carbocycles. The summed E-state index contributed by atoms with van der Waals surface area (Å²) in [7, 11) is 0. The highest BCUT2D eigenvalue weighted by atomic mass is 16.6. The van der Waals surface area contributed by atoms with Crippen LogP contribution >= 0.6 is 0 Å². The fraction of sp³-hybridized carbons (Fsp3) is 0.0435. The van der Waals surface area contributed by atoms with Crippen LogP contribution < -0.4 is 10.6 Å². The highest BCUT2D eigenvalue weighted by Gasteiger charge is 2.14. The summed E-state index contributed by atoms with van der Waals surface area (Å²) in [5.74, 6) is -0.596. The molecular weight excluding hydrogens is 382 g/mol. The zero-order valence-corrected chi connectivity index (χ0v) is 16.2. The minimum Gasteiger partial charge on any atom is -0.326 e. The molecule has 0 radical (unpaired) electrons. The van der Waals surface area contributed by atoms with Crippen LogP contribution in [0.2, 0.25) is 0 Å². The van der Waals surface area contributed by atoms with Crippen LogP contribution in [0.25, 0.3) is 11.6 Å². The van der Waals surface area contributed by atoms with Crippen molar-refractivity contribution in [1.29, 1.82) is 0 Å². The number of anilines is 2. The third-order valence-corrected chi connectivity index (χ3v) is 4.16. The molecule has 30 heavy (non-hydrogen) atoms. The Labute approximate surface area is 173 Å². The van der Waals surface area contributed by atoms with E-state index in [9.17, 15) is 19.7 Å². The Bertz CT molecular complexity index is 1120. The van der Waals surface area contributed by atoms with Crippen LogP contribution in [0.4, 0.5) is 17.1 Å². The molecule has 2 amide bonds. The lowest BCUT2D eigenvalue weighted by molar-refractivity contribution is -0.384. The number of rotatable bonds is 6. The summed E-state index contributed by atoms with van der Waals surface area (Å²) in [6, 6.07) is 21.9. The molecule has 7 heteroatoms. The van der Waals surface area contributed by atoms with Gasteiger partial charge in [0.05, 0.1) is 4.92 Å². The first-order valence-electron chi connectivity index (χ1n) is 9.13. The molecule has 2 N–H and O–H groups in total.